The van der Waals surface area contributed by atoms with Gasteiger partial charge in [0.15, 0.2) is 23.0 Å². The molecule has 0 atom stereocenters. The molecule has 0 N–H and O–H groups in total. The Labute approximate surface area is 212 Å². The predicted octanol–water partition coefficient (Wildman–Crippen LogP) is 6.80. The first kappa shape index (κ1) is 23.6. The fraction of sp³-hybridized carbons (Fsp3) is 0.226. The number of rotatable bonds is 10. The van der Waals surface area contributed by atoms with Gasteiger partial charge in [-0.15, -0.1) is 0 Å². The minimum absolute atomic E-state index is 0.302. The third-order valence-electron chi connectivity index (χ3n) is 6.38. The number of hydrogen-bond donors (Lipinski definition) is 0. The predicted molar refractivity (Wildman–Crippen MR) is 140 cm³/mol. The maximum atomic E-state index is 6.22. The van der Waals surface area contributed by atoms with E-state index in [1.54, 1.807) is 14.2 Å². The molecule has 0 amide bonds. The third kappa shape index (κ3) is 5.74. The lowest BCUT2D eigenvalue weighted by Gasteiger charge is -2.13. The highest BCUT2D eigenvalue weighted by Crippen LogP contribution is 2.34. The van der Waals surface area contributed by atoms with Crippen LogP contribution < -0.4 is 23.7 Å². The fourth-order valence-corrected chi connectivity index (χ4v) is 4.27. The van der Waals surface area contributed by atoms with Crippen molar-refractivity contribution in [3.05, 3.63) is 107 Å². The van der Waals surface area contributed by atoms with Crippen molar-refractivity contribution in [3.8, 4) is 34.5 Å². The van der Waals surface area contributed by atoms with Gasteiger partial charge >= 0.3 is 0 Å². The van der Waals surface area contributed by atoms with Crippen molar-refractivity contribution in [2.24, 2.45) is 0 Å². The van der Waals surface area contributed by atoms with Gasteiger partial charge in [-0.3, -0.25) is 0 Å². The average molecular weight is 483 g/mol. The van der Waals surface area contributed by atoms with Crippen LogP contribution in [-0.4, -0.2) is 21.0 Å². The van der Waals surface area contributed by atoms with Gasteiger partial charge in [-0.1, -0.05) is 36.4 Å². The molecule has 0 aliphatic carbocycles. The van der Waals surface area contributed by atoms with Crippen LogP contribution in [0.1, 0.15) is 22.3 Å². The molecule has 1 heterocycles. The standard InChI is InChI=1S/C31H30O5/c1-32-26-13-7-22(8-14-26)4-6-25-11-17-28(33-2)31(20-25)36-27-15-9-23(10-16-27)3-5-24-12-18-29-30(19-24)35-21-34-29/h7-20H,3-6,21H2,1-2H3. The number of ether oxygens (including phenoxy) is 5. The van der Waals surface area contributed by atoms with Crippen LogP contribution in [0, 0.1) is 0 Å². The van der Waals surface area contributed by atoms with Crippen LogP contribution in [0.3, 0.4) is 0 Å². The summed E-state index contributed by atoms with van der Waals surface area (Å²) in [5.74, 6) is 4.75. The van der Waals surface area contributed by atoms with Crippen molar-refractivity contribution >= 4 is 0 Å². The Balaban J connectivity index is 1.20. The van der Waals surface area contributed by atoms with Crippen LogP contribution in [0.4, 0.5) is 0 Å². The van der Waals surface area contributed by atoms with E-state index in [0.717, 1.165) is 60.2 Å². The second kappa shape index (κ2) is 11.1. The fourth-order valence-electron chi connectivity index (χ4n) is 4.27. The summed E-state index contributed by atoms with van der Waals surface area (Å²) in [5, 5.41) is 0. The number of methoxy groups -OCH3 is 2. The summed E-state index contributed by atoms with van der Waals surface area (Å²) in [6, 6.07) is 28.7. The minimum atomic E-state index is 0.302. The Morgan fingerprint density at radius 2 is 1.08 bits per heavy atom. The van der Waals surface area contributed by atoms with Crippen LogP contribution >= 0.6 is 0 Å². The first-order valence-corrected chi connectivity index (χ1v) is 12.2. The molecule has 5 nitrogen and oxygen atoms in total. The molecular formula is C31H30O5. The molecule has 36 heavy (non-hydrogen) atoms. The Kier molecular flexibility index (Phi) is 7.27. The van der Waals surface area contributed by atoms with Crippen molar-refractivity contribution < 1.29 is 23.7 Å². The molecule has 0 spiro atoms. The van der Waals surface area contributed by atoms with Gasteiger partial charge in [-0.2, -0.15) is 0 Å². The third-order valence-corrected chi connectivity index (χ3v) is 6.38. The van der Waals surface area contributed by atoms with Gasteiger partial charge in [0, 0.05) is 0 Å². The van der Waals surface area contributed by atoms with Gasteiger partial charge < -0.3 is 23.7 Å². The highest BCUT2D eigenvalue weighted by Gasteiger charge is 2.13. The minimum Gasteiger partial charge on any atom is -0.497 e. The highest BCUT2D eigenvalue weighted by molar-refractivity contribution is 5.47. The molecule has 4 aromatic rings. The first-order valence-electron chi connectivity index (χ1n) is 12.2. The van der Waals surface area contributed by atoms with Crippen molar-refractivity contribution in [1.29, 1.82) is 0 Å². The molecule has 0 radical (unpaired) electrons. The van der Waals surface area contributed by atoms with Crippen molar-refractivity contribution in [2.75, 3.05) is 21.0 Å². The van der Waals surface area contributed by atoms with Crippen molar-refractivity contribution in [3.63, 3.8) is 0 Å². The van der Waals surface area contributed by atoms with E-state index in [1.807, 2.05) is 36.4 Å². The number of aryl methyl sites for hydroxylation is 4. The maximum Gasteiger partial charge on any atom is 0.231 e. The quantitative estimate of drug-likeness (QED) is 0.249. The summed E-state index contributed by atoms with van der Waals surface area (Å²) in [4.78, 5) is 0. The highest BCUT2D eigenvalue weighted by atomic mass is 16.7. The Bertz CT molecular complexity index is 1300. The maximum absolute atomic E-state index is 6.22. The Hall–Kier alpha value is -4.12. The second-order valence-electron chi connectivity index (χ2n) is 8.77. The summed E-state index contributed by atoms with van der Waals surface area (Å²) >= 11 is 0. The van der Waals surface area contributed by atoms with Crippen LogP contribution in [0.25, 0.3) is 0 Å². The molecule has 0 unspecified atom stereocenters. The molecular weight excluding hydrogens is 452 g/mol. The zero-order chi connectivity index (χ0) is 24.7. The van der Waals surface area contributed by atoms with E-state index in [1.165, 1.54) is 22.3 Å². The van der Waals surface area contributed by atoms with Gasteiger partial charge in [-0.05, 0) is 96.5 Å². The number of hydrogen-bond acceptors (Lipinski definition) is 5. The molecule has 1 aliphatic heterocycles. The van der Waals surface area contributed by atoms with Crippen molar-refractivity contribution in [2.45, 2.75) is 25.7 Å². The summed E-state index contributed by atoms with van der Waals surface area (Å²) in [7, 11) is 3.35. The van der Waals surface area contributed by atoms with Gasteiger partial charge in [0.1, 0.15) is 11.5 Å². The Morgan fingerprint density at radius 3 is 1.75 bits per heavy atom. The molecule has 0 fully saturated rings. The van der Waals surface area contributed by atoms with Crippen LogP contribution in [-0.2, 0) is 25.7 Å². The lowest BCUT2D eigenvalue weighted by atomic mass is 10.0. The average Bonchev–Trinajstić information content (AvgIpc) is 3.40. The normalized spacial score (nSPS) is 11.8. The van der Waals surface area contributed by atoms with E-state index in [-0.39, 0.29) is 0 Å². The second-order valence-corrected chi connectivity index (χ2v) is 8.77. The summed E-state index contributed by atoms with van der Waals surface area (Å²) in [6.45, 7) is 0.302. The van der Waals surface area contributed by atoms with Crippen molar-refractivity contribution in [1.82, 2.24) is 0 Å². The lowest BCUT2D eigenvalue weighted by Crippen LogP contribution is -1.96. The van der Waals surface area contributed by atoms with Gasteiger partial charge in [0.25, 0.3) is 0 Å². The molecule has 0 saturated carbocycles. The molecule has 1 aliphatic rings. The summed E-state index contributed by atoms with van der Waals surface area (Å²) in [5.41, 5.74) is 4.95. The van der Waals surface area contributed by atoms with E-state index < -0.39 is 0 Å². The first-order chi connectivity index (χ1) is 17.7. The molecule has 4 aromatic carbocycles. The van der Waals surface area contributed by atoms with Crippen LogP contribution in [0.15, 0.2) is 84.9 Å². The van der Waals surface area contributed by atoms with E-state index >= 15 is 0 Å². The SMILES string of the molecule is COc1ccc(CCc2ccc(OC)c(Oc3ccc(CCc4ccc5c(c4)OCO5)cc3)c2)cc1. The molecule has 5 rings (SSSR count). The molecule has 0 saturated heterocycles. The van der Waals surface area contributed by atoms with Gasteiger partial charge in [0.05, 0.1) is 14.2 Å². The lowest BCUT2D eigenvalue weighted by molar-refractivity contribution is 0.174. The Morgan fingerprint density at radius 1 is 0.528 bits per heavy atom. The molecule has 0 bridgehead atoms. The summed E-state index contributed by atoms with van der Waals surface area (Å²) < 4.78 is 27.9. The van der Waals surface area contributed by atoms with Gasteiger partial charge in [0.2, 0.25) is 6.79 Å². The largest absolute Gasteiger partial charge is 0.497 e. The topological polar surface area (TPSA) is 46.2 Å². The van der Waals surface area contributed by atoms with Crippen LogP contribution in [0.2, 0.25) is 0 Å². The number of benzene rings is 4. The number of fused-ring (bicyclic) bond motifs is 1. The van der Waals surface area contributed by atoms with E-state index in [0.29, 0.717) is 6.79 Å². The molecule has 5 heteroatoms. The molecule has 184 valence electrons. The monoisotopic (exact) mass is 482 g/mol. The smallest absolute Gasteiger partial charge is 0.231 e. The van der Waals surface area contributed by atoms with Crippen LogP contribution in [0.5, 0.6) is 34.5 Å². The van der Waals surface area contributed by atoms with E-state index in [2.05, 4.69) is 48.5 Å². The summed E-state index contributed by atoms with van der Waals surface area (Å²) in [6.07, 6.45) is 3.71. The van der Waals surface area contributed by atoms with E-state index in [4.69, 9.17) is 23.7 Å². The zero-order valence-corrected chi connectivity index (χ0v) is 20.7. The van der Waals surface area contributed by atoms with Gasteiger partial charge in [-0.25, -0.2) is 0 Å². The molecule has 0 aromatic heterocycles. The van der Waals surface area contributed by atoms with E-state index in [9.17, 15) is 0 Å². The zero-order valence-electron chi connectivity index (χ0n) is 20.7.